The molecule has 0 saturated carbocycles. The molecule has 1 heterocycles. The molecule has 0 radical (unpaired) electrons. The van der Waals surface area contributed by atoms with Crippen molar-refractivity contribution >= 4 is 22.5 Å². The molecular weight excluding hydrogens is 224 g/mol. The van der Waals surface area contributed by atoms with Crippen LogP contribution >= 0.6 is 11.6 Å². The topological polar surface area (TPSA) is 62.0 Å². The van der Waals surface area contributed by atoms with E-state index in [1.807, 2.05) is 25.1 Å². The molecule has 4 heteroatoms. The maximum absolute atomic E-state index is 10.1. The van der Waals surface area contributed by atoms with Gasteiger partial charge in [-0.1, -0.05) is 24.6 Å². The Balaban J connectivity index is 2.45. The van der Waals surface area contributed by atoms with Crippen molar-refractivity contribution in [1.29, 1.82) is 0 Å². The second-order valence-corrected chi connectivity index (χ2v) is 4.39. The lowest BCUT2D eigenvalue weighted by Crippen LogP contribution is -2.27. The van der Waals surface area contributed by atoms with E-state index in [1.165, 1.54) is 0 Å². The third-order valence-corrected chi connectivity index (χ3v) is 3.11. The van der Waals surface area contributed by atoms with Gasteiger partial charge in [-0.3, -0.25) is 0 Å². The summed E-state index contributed by atoms with van der Waals surface area (Å²) in [7, 11) is 0. The van der Waals surface area contributed by atoms with Crippen LogP contribution in [0.5, 0.6) is 0 Å². The van der Waals surface area contributed by atoms with E-state index in [4.69, 9.17) is 17.3 Å². The van der Waals surface area contributed by atoms with Crippen LogP contribution in [0.2, 0.25) is 5.02 Å². The maximum atomic E-state index is 10.1. The van der Waals surface area contributed by atoms with Gasteiger partial charge in [-0.15, -0.1) is 0 Å². The number of nitrogens with two attached hydrogens (primary N) is 1. The largest absolute Gasteiger partial charge is 0.387 e. The van der Waals surface area contributed by atoms with Crippen LogP contribution < -0.4 is 5.73 Å². The lowest BCUT2D eigenvalue weighted by atomic mass is 10.0. The van der Waals surface area contributed by atoms with Gasteiger partial charge in [-0.05, 0) is 18.6 Å². The molecular formula is C12H15ClN2O. The van der Waals surface area contributed by atoms with E-state index in [0.29, 0.717) is 5.02 Å². The number of rotatable bonds is 3. The van der Waals surface area contributed by atoms with Gasteiger partial charge in [0.1, 0.15) is 0 Å². The quantitative estimate of drug-likeness (QED) is 0.770. The van der Waals surface area contributed by atoms with Gasteiger partial charge in [0, 0.05) is 33.7 Å². The first kappa shape index (κ1) is 11.5. The number of aliphatic hydroxyl groups is 1. The minimum Gasteiger partial charge on any atom is -0.387 e. The molecule has 0 aliphatic heterocycles. The number of hydrogen-bond acceptors (Lipinski definition) is 2. The van der Waals surface area contributed by atoms with E-state index in [1.54, 1.807) is 6.20 Å². The van der Waals surface area contributed by atoms with Crippen LogP contribution in [0, 0.1) is 0 Å². The van der Waals surface area contributed by atoms with Crippen molar-refractivity contribution in [1.82, 2.24) is 4.98 Å². The summed E-state index contributed by atoms with van der Waals surface area (Å²) in [6.07, 6.45) is 1.89. The Kier molecular flexibility index (Phi) is 3.19. The number of H-pyrrole nitrogens is 1. The number of hydrogen-bond donors (Lipinski definition) is 3. The van der Waals surface area contributed by atoms with Gasteiger partial charge in [0.05, 0.1) is 6.10 Å². The van der Waals surface area contributed by atoms with Crippen molar-refractivity contribution in [3.63, 3.8) is 0 Å². The van der Waals surface area contributed by atoms with Crippen LogP contribution in [0.1, 0.15) is 25.0 Å². The molecule has 3 nitrogen and oxygen atoms in total. The van der Waals surface area contributed by atoms with Crippen molar-refractivity contribution in [2.24, 2.45) is 5.73 Å². The highest BCUT2D eigenvalue weighted by Gasteiger charge is 2.18. The van der Waals surface area contributed by atoms with Crippen LogP contribution in [0.15, 0.2) is 24.4 Å². The second kappa shape index (κ2) is 4.45. The summed E-state index contributed by atoms with van der Waals surface area (Å²) in [5.74, 6) is 0. The van der Waals surface area contributed by atoms with Crippen LogP contribution in [0.25, 0.3) is 10.9 Å². The highest BCUT2D eigenvalue weighted by Crippen LogP contribution is 2.28. The molecule has 0 aliphatic rings. The molecule has 0 bridgehead atoms. The highest BCUT2D eigenvalue weighted by atomic mass is 35.5. The van der Waals surface area contributed by atoms with Gasteiger partial charge >= 0.3 is 0 Å². The number of halogens is 1. The smallest absolute Gasteiger partial charge is 0.0961 e. The Morgan fingerprint density at radius 1 is 1.50 bits per heavy atom. The fourth-order valence-electron chi connectivity index (χ4n) is 1.82. The summed E-state index contributed by atoms with van der Waals surface area (Å²) in [5, 5.41) is 11.7. The van der Waals surface area contributed by atoms with E-state index in [2.05, 4.69) is 4.98 Å². The summed E-state index contributed by atoms with van der Waals surface area (Å²) in [5.41, 5.74) is 7.59. The van der Waals surface area contributed by atoms with Gasteiger partial charge in [-0.2, -0.15) is 0 Å². The molecule has 0 amide bonds. The average Bonchev–Trinajstić information content (AvgIpc) is 2.69. The van der Waals surface area contributed by atoms with Crippen LogP contribution in [0.4, 0.5) is 0 Å². The van der Waals surface area contributed by atoms with E-state index >= 15 is 0 Å². The maximum Gasteiger partial charge on any atom is 0.0961 e. The number of aromatic amines is 1. The molecule has 1 aromatic carbocycles. The molecule has 0 aliphatic carbocycles. The molecule has 16 heavy (non-hydrogen) atoms. The van der Waals surface area contributed by atoms with Crippen LogP contribution in [-0.4, -0.2) is 16.1 Å². The predicted molar refractivity (Wildman–Crippen MR) is 66.5 cm³/mol. The normalized spacial score (nSPS) is 15.2. The minimum atomic E-state index is -0.639. The Labute approximate surface area is 99.2 Å². The summed E-state index contributed by atoms with van der Waals surface area (Å²) < 4.78 is 0. The first-order valence-corrected chi connectivity index (χ1v) is 5.71. The van der Waals surface area contributed by atoms with Crippen molar-refractivity contribution in [3.8, 4) is 0 Å². The molecule has 1 aromatic heterocycles. The Morgan fingerprint density at radius 2 is 2.25 bits per heavy atom. The number of aromatic nitrogens is 1. The molecule has 0 fully saturated rings. The zero-order valence-electron chi connectivity index (χ0n) is 9.07. The van der Waals surface area contributed by atoms with Crippen LogP contribution in [0.3, 0.4) is 0 Å². The van der Waals surface area contributed by atoms with Gasteiger partial charge < -0.3 is 15.8 Å². The Hall–Kier alpha value is -1.03. The first-order valence-electron chi connectivity index (χ1n) is 5.33. The van der Waals surface area contributed by atoms with E-state index in [9.17, 15) is 5.11 Å². The van der Waals surface area contributed by atoms with E-state index < -0.39 is 6.10 Å². The molecule has 86 valence electrons. The highest BCUT2D eigenvalue weighted by molar-refractivity contribution is 6.31. The molecule has 0 saturated heterocycles. The van der Waals surface area contributed by atoms with Crippen molar-refractivity contribution in [2.75, 3.05) is 0 Å². The molecule has 2 aromatic rings. The van der Waals surface area contributed by atoms with E-state index in [0.717, 1.165) is 22.9 Å². The summed E-state index contributed by atoms with van der Waals surface area (Å²) in [6, 6.07) is 5.31. The monoisotopic (exact) mass is 238 g/mol. The van der Waals surface area contributed by atoms with Crippen molar-refractivity contribution < 1.29 is 5.11 Å². The van der Waals surface area contributed by atoms with Gasteiger partial charge in [0.15, 0.2) is 0 Å². The lowest BCUT2D eigenvalue weighted by molar-refractivity contribution is 0.146. The zero-order valence-corrected chi connectivity index (χ0v) is 9.83. The second-order valence-electron chi connectivity index (χ2n) is 3.95. The van der Waals surface area contributed by atoms with Crippen molar-refractivity contribution in [2.45, 2.75) is 25.5 Å². The molecule has 2 unspecified atom stereocenters. The third kappa shape index (κ3) is 1.94. The lowest BCUT2D eigenvalue weighted by Gasteiger charge is -2.16. The van der Waals surface area contributed by atoms with Crippen molar-refractivity contribution in [3.05, 3.63) is 35.0 Å². The van der Waals surface area contributed by atoms with E-state index in [-0.39, 0.29) is 6.04 Å². The van der Waals surface area contributed by atoms with Gasteiger partial charge in [0.2, 0.25) is 0 Å². The zero-order chi connectivity index (χ0) is 11.7. The summed E-state index contributed by atoms with van der Waals surface area (Å²) in [6.45, 7) is 1.96. The SMILES string of the molecule is CCC(N)C(O)c1c[nH]c2cc(Cl)ccc12. The predicted octanol–water partition coefficient (Wildman–Crippen LogP) is 2.59. The molecule has 0 spiro atoms. The Morgan fingerprint density at radius 3 is 2.94 bits per heavy atom. The van der Waals surface area contributed by atoms with Gasteiger partial charge in [-0.25, -0.2) is 0 Å². The first-order chi connectivity index (χ1) is 7.63. The molecule has 4 N–H and O–H groups in total. The fourth-order valence-corrected chi connectivity index (χ4v) is 1.99. The minimum absolute atomic E-state index is 0.241. The number of benzene rings is 1. The fraction of sp³-hybridized carbons (Fsp3) is 0.333. The molecule has 2 rings (SSSR count). The van der Waals surface area contributed by atoms with Gasteiger partial charge in [0.25, 0.3) is 0 Å². The average molecular weight is 239 g/mol. The van der Waals surface area contributed by atoms with Crippen LogP contribution in [-0.2, 0) is 0 Å². The standard InChI is InChI=1S/C12H15ClN2O/c1-2-10(14)12(16)9-6-15-11-5-7(13)3-4-8(9)11/h3-6,10,12,15-16H,2,14H2,1H3. The Bertz CT molecular complexity index is 495. The number of nitrogens with one attached hydrogen (secondary N) is 1. The number of fused-ring (bicyclic) bond motifs is 1. The number of aliphatic hydroxyl groups excluding tert-OH is 1. The molecule has 2 atom stereocenters. The third-order valence-electron chi connectivity index (χ3n) is 2.87. The summed E-state index contributed by atoms with van der Waals surface area (Å²) >= 11 is 5.89. The summed E-state index contributed by atoms with van der Waals surface area (Å²) in [4.78, 5) is 3.09.